The van der Waals surface area contributed by atoms with Gasteiger partial charge in [-0.3, -0.25) is 10.3 Å². The third kappa shape index (κ3) is 2.39. The van der Waals surface area contributed by atoms with Crippen molar-refractivity contribution in [1.29, 1.82) is 0 Å². The predicted molar refractivity (Wildman–Crippen MR) is 73.5 cm³/mol. The smallest absolute Gasteiger partial charge is 0.239 e. The Kier molecular flexibility index (Phi) is 3.68. The van der Waals surface area contributed by atoms with Crippen molar-refractivity contribution in [3.8, 4) is 0 Å². The van der Waals surface area contributed by atoms with Gasteiger partial charge < -0.3 is 4.90 Å². The van der Waals surface area contributed by atoms with E-state index in [0.717, 1.165) is 24.5 Å². The van der Waals surface area contributed by atoms with Crippen LogP contribution in [-0.2, 0) is 0 Å². The van der Waals surface area contributed by atoms with E-state index in [1.54, 1.807) is 0 Å². The molecule has 1 saturated heterocycles. The van der Waals surface area contributed by atoms with E-state index in [0.29, 0.717) is 18.0 Å². The fourth-order valence-corrected chi connectivity index (χ4v) is 2.40. The van der Waals surface area contributed by atoms with E-state index in [4.69, 9.17) is 5.84 Å². The zero-order valence-corrected chi connectivity index (χ0v) is 11.5. The van der Waals surface area contributed by atoms with Crippen molar-refractivity contribution in [2.45, 2.75) is 32.9 Å². The lowest BCUT2D eigenvalue weighted by atomic mass is 10.1. The summed E-state index contributed by atoms with van der Waals surface area (Å²) < 4.78 is 0. The Balaban J connectivity index is 2.26. The van der Waals surface area contributed by atoms with Gasteiger partial charge in [0.25, 0.3) is 0 Å². The quantitative estimate of drug-likeness (QED) is 0.591. The van der Waals surface area contributed by atoms with Crippen LogP contribution in [0.2, 0.25) is 0 Å². The Morgan fingerprint density at radius 3 is 2.50 bits per heavy atom. The highest BCUT2D eigenvalue weighted by atomic mass is 15.3. The number of nitrogens with zero attached hydrogens (tertiary/aromatic N) is 4. The van der Waals surface area contributed by atoms with Crippen LogP contribution in [0, 0.1) is 6.92 Å². The molecule has 2 heterocycles. The Hall–Kier alpha value is -1.40. The second-order valence-electron chi connectivity index (χ2n) is 5.11. The number of hydrogen-bond donors (Lipinski definition) is 2. The van der Waals surface area contributed by atoms with Crippen LogP contribution in [0.25, 0.3) is 0 Å². The molecule has 6 heteroatoms. The van der Waals surface area contributed by atoms with Gasteiger partial charge in [-0.15, -0.1) is 0 Å². The molecule has 0 saturated carbocycles. The molecule has 1 aliphatic heterocycles. The largest absolute Gasteiger partial charge is 0.353 e. The molecular weight excluding hydrogens is 228 g/mol. The van der Waals surface area contributed by atoms with E-state index >= 15 is 0 Å². The van der Waals surface area contributed by atoms with Crippen molar-refractivity contribution >= 4 is 11.8 Å². The first-order chi connectivity index (χ1) is 8.52. The molecule has 0 aliphatic carbocycles. The second kappa shape index (κ2) is 5.07. The van der Waals surface area contributed by atoms with Crippen molar-refractivity contribution in [1.82, 2.24) is 14.9 Å². The van der Waals surface area contributed by atoms with Crippen molar-refractivity contribution in [3.05, 3.63) is 11.8 Å². The number of anilines is 2. The molecule has 1 fully saturated rings. The lowest BCUT2D eigenvalue weighted by Crippen LogP contribution is -2.55. The standard InChI is InChI=1S/C12H22N6/c1-8-5-14-12(16-13)15-11(8)18-6-9(2)17(4)10(3)7-18/h5,9-10H,6-7,13H2,1-4H3,(H,14,15,16). The molecule has 1 aromatic heterocycles. The van der Waals surface area contributed by atoms with E-state index in [-0.39, 0.29) is 0 Å². The molecule has 2 unspecified atom stereocenters. The first kappa shape index (κ1) is 13.0. The predicted octanol–water partition coefficient (Wildman–Crippen LogP) is 0.599. The van der Waals surface area contributed by atoms with Gasteiger partial charge in [0.2, 0.25) is 5.95 Å². The summed E-state index contributed by atoms with van der Waals surface area (Å²) >= 11 is 0. The Bertz CT molecular complexity index is 409. The number of hydrogen-bond acceptors (Lipinski definition) is 6. The number of aryl methyl sites for hydroxylation is 1. The molecule has 0 bridgehead atoms. The van der Waals surface area contributed by atoms with Gasteiger partial charge in [0.15, 0.2) is 0 Å². The van der Waals surface area contributed by atoms with Crippen molar-refractivity contribution in [2.24, 2.45) is 5.84 Å². The molecule has 1 aliphatic rings. The monoisotopic (exact) mass is 250 g/mol. The summed E-state index contributed by atoms with van der Waals surface area (Å²) in [4.78, 5) is 13.3. The van der Waals surface area contributed by atoms with Crippen LogP contribution in [0.15, 0.2) is 6.20 Å². The summed E-state index contributed by atoms with van der Waals surface area (Å²) in [6, 6.07) is 1.02. The minimum absolute atomic E-state index is 0.467. The highest BCUT2D eigenvalue weighted by Crippen LogP contribution is 2.23. The number of aromatic nitrogens is 2. The second-order valence-corrected chi connectivity index (χ2v) is 5.11. The minimum atomic E-state index is 0.467. The van der Waals surface area contributed by atoms with Crippen molar-refractivity contribution < 1.29 is 0 Å². The molecule has 2 rings (SSSR count). The van der Waals surface area contributed by atoms with Gasteiger partial charge in [-0.2, -0.15) is 4.98 Å². The highest BCUT2D eigenvalue weighted by molar-refractivity contribution is 5.49. The van der Waals surface area contributed by atoms with Crippen LogP contribution in [0.4, 0.5) is 11.8 Å². The van der Waals surface area contributed by atoms with E-state index in [1.165, 1.54) is 0 Å². The normalized spacial score (nSPS) is 25.3. The zero-order valence-electron chi connectivity index (χ0n) is 11.5. The Morgan fingerprint density at radius 1 is 1.33 bits per heavy atom. The Labute approximate surface area is 108 Å². The molecule has 100 valence electrons. The molecule has 0 radical (unpaired) electrons. The van der Waals surface area contributed by atoms with Crippen LogP contribution >= 0.6 is 0 Å². The van der Waals surface area contributed by atoms with E-state index in [1.807, 2.05) is 13.1 Å². The van der Waals surface area contributed by atoms with Gasteiger partial charge >= 0.3 is 0 Å². The fraction of sp³-hybridized carbons (Fsp3) is 0.667. The molecule has 0 spiro atoms. The summed E-state index contributed by atoms with van der Waals surface area (Å²) in [5.41, 5.74) is 3.59. The summed E-state index contributed by atoms with van der Waals surface area (Å²) in [6.45, 7) is 8.46. The van der Waals surface area contributed by atoms with Crippen molar-refractivity contribution in [3.63, 3.8) is 0 Å². The molecule has 3 N–H and O–H groups in total. The average Bonchev–Trinajstić information content (AvgIpc) is 2.36. The number of likely N-dealkylation sites (N-methyl/N-ethyl adjacent to an activating group) is 1. The van der Waals surface area contributed by atoms with Gasteiger partial charge in [0, 0.05) is 36.9 Å². The molecule has 0 aromatic carbocycles. The van der Waals surface area contributed by atoms with Crippen LogP contribution in [0.3, 0.4) is 0 Å². The number of nitrogens with two attached hydrogens (primary N) is 1. The maximum Gasteiger partial charge on any atom is 0.239 e. The topological polar surface area (TPSA) is 70.3 Å². The summed E-state index contributed by atoms with van der Waals surface area (Å²) in [6.07, 6.45) is 1.81. The van der Waals surface area contributed by atoms with Gasteiger partial charge in [0.1, 0.15) is 5.82 Å². The van der Waals surface area contributed by atoms with Crippen LogP contribution in [-0.4, -0.2) is 47.1 Å². The van der Waals surface area contributed by atoms with E-state index < -0.39 is 0 Å². The number of nitrogens with one attached hydrogen (secondary N) is 1. The number of piperazine rings is 1. The summed E-state index contributed by atoms with van der Waals surface area (Å²) in [5, 5.41) is 0. The number of hydrazine groups is 1. The van der Waals surface area contributed by atoms with Gasteiger partial charge in [0.05, 0.1) is 0 Å². The fourth-order valence-electron chi connectivity index (χ4n) is 2.40. The third-order valence-electron chi connectivity index (χ3n) is 3.73. The van der Waals surface area contributed by atoms with E-state index in [2.05, 4.69) is 46.1 Å². The summed E-state index contributed by atoms with van der Waals surface area (Å²) in [7, 11) is 2.17. The SMILES string of the molecule is Cc1cnc(NN)nc1N1CC(C)N(C)C(C)C1. The van der Waals surface area contributed by atoms with Gasteiger partial charge in [-0.1, -0.05) is 0 Å². The van der Waals surface area contributed by atoms with E-state index in [9.17, 15) is 0 Å². The van der Waals surface area contributed by atoms with Crippen LogP contribution in [0.5, 0.6) is 0 Å². The van der Waals surface area contributed by atoms with Crippen LogP contribution < -0.4 is 16.2 Å². The number of rotatable bonds is 2. The zero-order chi connectivity index (χ0) is 13.3. The maximum absolute atomic E-state index is 5.37. The molecule has 6 nitrogen and oxygen atoms in total. The van der Waals surface area contributed by atoms with Gasteiger partial charge in [-0.05, 0) is 27.8 Å². The molecule has 2 atom stereocenters. The molecule has 0 amide bonds. The van der Waals surface area contributed by atoms with Gasteiger partial charge in [-0.25, -0.2) is 10.8 Å². The van der Waals surface area contributed by atoms with Crippen molar-refractivity contribution in [2.75, 3.05) is 30.5 Å². The lowest BCUT2D eigenvalue weighted by Gasteiger charge is -2.43. The first-order valence-electron chi connectivity index (χ1n) is 6.30. The number of nitrogen functional groups attached to an aromatic ring is 1. The molecule has 18 heavy (non-hydrogen) atoms. The minimum Gasteiger partial charge on any atom is -0.353 e. The average molecular weight is 250 g/mol. The highest BCUT2D eigenvalue weighted by Gasteiger charge is 2.28. The lowest BCUT2D eigenvalue weighted by molar-refractivity contribution is 0.169. The third-order valence-corrected chi connectivity index (χ3v) is 3.73. The Morgan fingerprint density at radius 2 is 1.94 bits per heavy atom. The summed E-state index contributed by atoms with van der Waals surface area (Å²) in [5.74, 6) is 6.82. The molecule has 1 aromatic rings. The first-order valence-corrected chi connectivity index (χ1v) is 6.30. The maximum atomic E-state index is 5.37. The van der Waals surface area contributed by atoms with Crippen LogP contribution in [0.1, 0.15) is 19.4 Å². The molecular formula is C12H22N6.